The molecule has 1 amide bonds. The van der Waals surface area contributed by atoms with E-state index in [-0.39, 0.29) is 11.9 Å². The molecule has 1 saturated carbocycles. The normalized spacial score (nSPS) is 21.5. The Hall–Kier alpha value is -1.33. The van der Waals surface area contributed by atoms with Gasteiger partial charge in [0.25, 0.3) is 0 Å². The SMILES string of the molecule is Cc1ccc(C(CNC(=O)CC2CCCCC2)N2CCOCC2)o1. The molecule has 2 fully saturated rings. The minimum absolute atomic E-state index is 0.0953. The molecule has 0 aromatic carbocycles. The lowest BCUT2D eigenvalue weighted by molar-refractivity contribution is -0.122. The highest BCUT2D eigenvalue weighted by Gasteiger charge is 2.26. The van der Waals surface area contributed by atoms with Gasteiger partial charge >= 0.3 is 0 Å². The number of morpholine rings is 1. The van der Waals surface area contributed by atoms with Crippen LogP contribution < -0.4 is 5.32 Å². The fourth-order valence-electron chi connectivity index (χ4n) is 3.87. The number of carbonyl (C=O) groups is 1. The maximum atomic E-state index is 12.4. The molecule has 0 radical (unpaired) electrons. The molecule has 2 heterocycles. The second-order valence-corrected chi connectivity index (χ2v) is 7.12. The number of rotatable bonds is 6. The fraction of sp³-hybridized carbons (Fsp3) is 0.737. The van der Waals surface area contributed by atoms with Crippen molar-refractivity contribution >= 4 is 5.91 Å². The summed E-state index contributed by atoms with van der Waals surface area (Å²) in [5.41, 5.74) is 0. The van der Waals surface area contributed by atoms with Gasteiger partial charge in [0.2, 0.25) is 5.91 Å². The minimum atomic E-state index is 0.0953. The van der Waals surface area contributed by atoms with Gasteiger partial charge in [0.05, 0.1) is 19.3 Å². The molecule has 1 aromatic rings. The average molecular weight is 334 g/mol. The molecule has 1 unspecified atom stereocenters. The van der Waals surface area contributed by atoms with Gasteiger partial charge in [-0.15, -0.1) is 0 Å². The summed E-state index contributed by atoms with van der Waals surface area (Å²) < 4.78 is 11.3. The van der Waals surface area contributed by atoms with Crippen LogP contribution in [-0.4, -0.2) is 43.7 Å². The number of amides is 1. The van der Waals surface area contributed by atoms with Gasteiger partial charge in [-0.3, -0.25) is 9.69 Å². The zero-order chi connectivity index (χ0) is 16.8. The molecule has 1 aliphatic heterocycles. The standard InChI is InChI=1S/C19H30N2O3/c1-15-7-8-18(24-15)17(21-9-11-23-12-10-21)14-20-19(22)13-16-5-3-2-4-6-16/h7-8,16-17H,2-6,9-14H2,1H3,(H,20,22). The molecule has 1 atom stereocenters. The summed E-state index contributed by atoms with van der Waals surface area (Å²) in [5, 5.41) is 3.15. The van der Waals surface area contributed by atoms with Gasteiger partial charge in [0.15, 0.2) is 0 Å². The molecule has 1 aliphatic carbocycles. The number of hydrogen-bond acceptors (Lipinski definition) is 4. The maximum absolute atomic E-state index is 12.4. The molecule has 0 bridgehead atoms. The van der Waals surface area contributed by atoms with Crippen molar-refractivity contribution in [3.05, 3.63) is 23.7 Å². The molecule has 24 heavy (non-hydrogen) atoms. The zero-order valence-corrected chi connectivity index (χ0v) is 14.8. The van der Waals surface area contributed by atoms with Crippen LogP contribution >= 0.6 is 0 Å². The molecule has 5 heteroatoms. The van der Waals surface area contributed by atoms with Gasteiger partial charge in [0.1, 0.15) is 11.5 Å². The Morgan fingerprint density at radius 2 is 2.00 bits per heavy atom. The third-order valence-corrected chi connectivity index (χ3v) is 5.27. The summed E-state index contributed by atoms with van der Waals surface area (Å²) >= 11 is 0. The van der Waals surface area contributed by atoms with Crippen LogP contribution in [0.25, 0.3) is 0 Å². The Labute approximate surface area is 144 Å². The molecule has 0 spiro atoms. The summed E-state index contributed by atoms with van der Waals surface area (Å²) in [6.07, 6.45) is 6.97. The summed E-state index contributed by atoms with van der Waals surface area (Å²) in [6.45, 7) is 5.81. The first-order valence-electron chi connectivity index (χ1n) is 9.37. The van der Waals surface area contributed by atoms with Gasteiger partial charge in [-0.05, 0) is 37.8 Å². The predicted molar refractivity (Wildman–Crippen MR) is 92.8 cm³/mol. The van der Waals surface area contributed by atoms with Crippen molar-refractivity contribution in [3.63, 3.8) is 0 Å². The maximum Gasteiger partial charge on any atom is 0.220 e. The Morgan fingerprint density at radius 1 is 1.25 bits per heavy atom. The Morgan fingerprint density at radius 3 is 2.67 bits per heavy atom. The van der Waals surface area contributed by atoms with E-state index in [0.717, 1.165) is 37.8 Å². The molecule has 134 valence electrons. The van der Waals surface area contributed by atoms with E-state index in [2.05, 4.69) is 10.2 Å². The number of carbonyl (C=O) groups excluding carboxylic acids is 1. The molecular formula is C19H30N2O3. The van der Waals surface area contributed by atoms with E-state index in [4.69, 9.17) is 9.15 Å². The summed E-state index contributed by atoms with van der Waals surface area (Å²) in [4.78, 5) is 14.7. The van der Waals surface area contributed by atoms with Gasteiger partial charge < -0.3 is 14.5 Å². The number of hydrogen-bond donors (Lipinski definition) is 1. The Bertz CT molecular complexity index is 516. The van der Waals surface area contributed by atoms with Crippen molar-refractivity contribution in [2.75, 3.05) is 32.8 Å². The first-order valence-corrected chi connectivity index (χ1v) is 9.37. The highest BCUT2D eigenvalue weighted by Crippen LogP contribution is 2.27. The van der Waals surface area contributed by atoms with E-state index in [1.165, 1.54) is 32.1 Å². The number of nitrogens with one attached hydrogen (secondary N) is 1. The number of nitrogens with zero attached hydrogens (tertiary/aromatic N) is 1. The third kappa shape index (κ3) is 4.84. The van der Waals surface area contributed by atoms with Gasteiger partial charge in [-0.1, -0.05) is 19.3 Å². The lowest BCUT2D eigenvalue weighted by atomic mass is 9.87. The highest BCUT2D eigenvalue weighted by atomic mass is 16.5. The van der Waals surface area contributed by atoms with E-state index in [1.54, 1.807) is 0 Å². The topological polar surface area (TPSA) is 54.7 Å². The first kappa shape index (κ1) is 17.5. The highest BCUT2D eigenvalue weighted by molar-refractivity contribution is 5.76. The van der Waals surface area contributed by atoms with Crippen molar-refractivity contribution in [1.29, 1.82) is 0 Å². The van der Waals surface area contributed by atoms with Crippen LogP contribution in [0, 0.1) is 12.8 Å². The van der Waals surface area contributed by atoms with E-state index in [9.17, 15) is 4.79 Å². The number of furan rings is 1. The monoisotopic (exact) mass is 334 g/mol. The molecular weight excluding hydrogens is 304 g/mol. The lowest BCUT2D eigenvalue weighted by Crippen LogP contribution is -2.43. The largest absolute Gasteiger partial charge is 0.465 e. The molecule has 3 rings (SSSR count). The Balaban J connectivity index is 1.55. The van der Waals surface area contributed by atoms with E-state index in [0.29, 0.717) is 18.9 Å². The smallest absolute Gasteiger partial charge is 0.220 e. The van der Waals surface area contributed by atoms with Gasteiger partial charge in [-0.2, -0.15) is 0 Å². The summed E-state index contributed by atoms with van der Waals surface area (Å²) in [6, 6.07) is 4.12. The van der Waals surface area contributed by atoms with Crippen molar-refractivity contribution in [2.24, 2.45) is 5.92 Å². The second-order valence-electron chi connectivity index (χ2n) is 7.12. The molecule has 1 N–H and O–H groups in total. The van der Waals surface area contributed by atoms with Crippen LogP contribution in [0.15, 0.2) is 16.5 Å². The summed E-state index contributed by atoms with van der Waals surface area (Å²) in [5.74, 6) is 2.61. The molecule has 1 aromatic heterocycles. The van der Waals surface area contributed by atoms with E-state index < -0.39 is 0 Å². The fourth-order valence-corrected chi connectivity index (χ4v) is 3.87. The van der Waals surface area contributed by atoms with Crippen molar-refractivity contribution in [1.82, 2.24) is 10.2 Å². The van der Waals surface area contributed by atoms with Crippen molar-refractivity contribution in [2.45, 2.75) is 51.5 Å². The summed E-state index contributed by atoms with van der Waals surface area (Å²) in [7, 11) is 0. The second kappa shape index (κ2) is 8.67. The van der Waals surface area contributed by atoms with E-state index in [1.807, 2.05) is 19.1 Å². The molecule has 1 saturated heterocycles. The van der Waals surface area contributed by atoms with Crippen LogP contribution in [0.5, 0.6) is 0 Å². The van der Waals surface area contributed by atoms with Crippen molar-refractivity contribution < 1.29 is 13.9 Å². The van der Waals surface area contributed by atoms with Crippen LogP contribution in [0.1, 0.15) is 56.1 Å². The van der Waals surface area contributed by atoms with E-state index >= 15 is 0 Å². The predicted octanol–water partition coefficient (Wildman–Crippen LogP) is 3.05. The van der Waals surface area contributed by atoms with Gasteiger partial charge in [-0.25, -0.2) is 0 Å². The van der Waals surface area contributed by atoms with Crippen LogP contribution in [0.2, 0.25) is 0 Å². The van der Waals surface area contributed by atoms with Crippen LogP contribution in [0.3, 0.4) is 0 Å². The third-order valence-electron chi connectivity index (χ3n) is 5.27. The quantitative estimate of drug-likeness (QED) is 0.869. The van der Waals surface area contributed by atoms with Gasteiger partial charge in [0, 0.05) is 26.1 Å². The zero-order valence-electron chi connectivity index (χ0n) is 14.8. The number of ether oxygens (including phenoxy) is 1. The first-order chi connectivity index (χ1) is 11.7. The molecule has 2 aliphatic rings. The lowest BCUT2D eigenvalue weighted by Gasteiger charge is -2.33. The number of aryl methyl sites for hydroxylation is 1. The van der Waals surface area contributed by atoms with Crippen LogP contribution in [0.4, 0.5) is 0 Å². The van der Waals surface area contributed by atoms with Crippen molar-refractivity contribution in [3.8, 4) is 0 Å². The molecule has 5 nitrogen and oxygen atoms in total. The van der Waals surface area contributed by atoms with Crippen LogP contribution in [-0.2, 0) is 9.53 Å². The average Bonchev–Trinajstić information content (AvgIpc) is 3.03. The minimum Gasteiger partial charge on any atom is -0.465 e. The Kier molecular flexibility index (Phi) is 6.32.